The van der Waals surface area contributed by atoms with Gasteiger partial charge in [-0.25, -0.2) is 0 Å². The lowest BCUT2D eigenvalue weighted by atomic mass is 10.1. The van der Waals surface area contributed by atoms with Crippen LogP contribution in [0.4, 0.5) is 5.69 Å². The molecule has 6 heteroatoms. The zero-order valence-electron chi connectivity index (χ0n) is 15.3. The number of carbonyl (C=O) groups is 1. The third-order valence-corrected chi connectivity index (χ3v) is 3.65. The summed E-state index contributed by atoms with van der Waals surface area (Å²) in [6, 6.07) is 8.27. The normalized spacial score (nSPS) is 12.3. The fourth-order valence-corrected chi connectivity index (χ4v) is 1.96. The van der Waals surface area contributed by atoms with Crippen LogP contribution in [-0.2, 0) is 11.2 Å². The maximum atomic E-state index is 11.0. The van der Waals surface area contributed by atoms with E-state index in [0.29, 0.717) is 12.0 Å². The fraction of sp³-hybridized carbons (Fsp3) is 0.556. The Labute approximate surface area is 163 Å². The lowest BCUT2D eigenvalue weighted by molar-refractivity contribution is -0.114. The van der Waals surface area contributed by atoms with Crippen LogP contribution in [0.1, 0.15) is 40.2 Å². The van der Waals surface area contributed by atoms with Crippen molar-refractivity contribution in [3.8, 4) is 0 Å². The van der Waals surface area contributed by atoms with Crippen molar-refractivity contribution >= 4 is 41.5 Å². The second-order valence-corrected chi connectivity index (χ2v) is 6.07. The summed E-state index contributed by atoms with van der Waals surface area (Å²) in [5.74, 6) is 1.37. The van der Waals surface area contributed by atoms with Crippen LogP contribution in [0, 0.1) is 5.92 Å². The highest BCUT2D eigenvalue weighted by Gasteiger charge is 2.08. The molecule has 24 heavy (non-hydrogen) atoms. The molecule has 1 unspecified atom stereocenters. The molecule has 1 amide bonds. The van der Waals surface area contributed by atoms with Gasteiger partial charge in [0, 0.05) is 31.7 Å². The van der Waals surface area contributed by atoms with Crippen molar-refractivity contribution in [1.82, 2.24) is 10.6 Å². The summed E-state index contributed by atoms with van der Waals surface area (Å²) in [6.45, 7) is 11.7. The molecule has 0 fully saturated rings. The van der Waals surface area contributed by atoms with E-state index in [-0.39, 0.29) is 29.9 Å². The number of halogens is 1. The third-order valence-electron chi connectivity index (χ3n) is 3.65. The molecule has 0 aliphatic heterocycles. The zero-order valence-corrected chi connectivity index (χ0v) is 17.7. The van der Waals surface area contributed by atoms with Crippen LogP contribution in [0.3, 0.4) is 0 Å². The average molecular weight is 446 g/mol. The first-order valence-corrected chi connectivity index (χ1v) is 8.33. The summed E-state index contributed by atoms with van der Waals surface area (Å²) in [4.78, 5) is 15.6. The highest BCUT2D eigenvalue weighted by molar-refractivity contribution is 14.0. The van der Waals surface area contributed by atoms with Crippen molar-refractivity contribution < 1.29 is 4.79 Å². The predicted molar refractivity (Wildman–Crippen MR) is 113 cm³/mol. The standard InChI is InChI=1S/C18H30N4O.HI/c1-6-19-18(21-14(4)13(2)3)20-12-11-16-7-9-17(10-8-16)22-15(5)23;/h7-10,13-14H,6,11-12H2,1-5H3,(H,22,23)(H2,19,20,21);1H. The minimum absolute atomic E-state index is 0. The number of amides is 1. The summed E-state index contributed by atoms with van der Waals surface area (Å²) in [6.07, 6.45) is 0.868. The molecule has 0 saturated carbocycles. The van der Waals surface area contributed by atoms with Crippen LogP contribution in [0.25, 0.3) is 0 Å². The van der Waals surface area contributed by atoms with Crippen molar-refractivity contribution in [2.24, 2.45) is 10.9 Å². The average Bonchev–Trinajstić information content (AvgIpc) is 2.48. The summed E-state index contributed by atoms with van der Waals surface area (Å²) in [5, 5.41) is 9.47. The summed E-state index contributed by atoms with van der Waals surface area (Å²) < 4.78 is 0. The molecule has 1 aromatic carbocycles. The molecular formula is C18H31IN4O. The van der Waals surface area contributed by atoms with E-state index in [1.54, 1.807) is 0 Å². The molecule has 1 rings (SSSR count). The van der Waals surface area contributed by atoms with Crippen molar-refractivity contribution in [2.45, 2.75) is 47.1 Å². The molecule has 0 radical (unpaired) electrons. The summed E-state index contributed by atoms with van der Waals surface area (Å²) in [7, 11) is 0. The van der Waals surface area contributed by atoms with E-state index in [0.717, 1.165) is 31.2 Å². The number of benzene rings is 1. The van der Waals surface area contributed by atoms with Gasteiger partial charge in [0.05, 0.1) is 0 Å². The minimum atomic E-state index is -0.0528. The van der Waals surface area contributed by atoms with E-state index in [1.165, 1.54) is 12.5 Å². The number of hydrogen-bond donors (Lipinski definition) is 3. The Balaban J connectivity index is 0.00000529. The van der Waals surface area contributed by atoms with E-state index >= 15 is 0 Å². The van der Waals surface area contributed by atoms with Gasteiger partial charge in [-0.1, -0.05) is 26.0 Å². The van der Waals surface area contributed by atoms with Crippen LogP contribution in [0.15, 0.2) is 29.3 Å². The van der Waals surface area contributed by atoms with Gasteiger partial charge in [0.2, 0.25) is 5.91 Å². The van der Waals surface area contributed by atoms with Gasteiger partial charge in [-0.15, -0.1) is 24.0 Å². The number of guanidine groups is 1. The Morgan fingerprint density at radius 1 is 1.17 bits per heavy atom. The second-order valence-electron chi connectivity index (χ2n) is 6.07. The maximum Gasteiger partial charge on any atom is 0.221 e. The second kappa shape index (κ2) is 12.1. The highest BCUT2D eigenvalue weighted by Crippen LogP contribution is 2.10. The first-order chi connectivity index (χ1) is 10.9. The number of carbonyl (C=O) groups excluding carboxylic acids is 1. The van der Waals surface area contributed by atoms with Crippen LogP contribution in [-0.4, -0.2) is 31.0 Å². The molecule has 0 saturated heterocycles. The van der Waals surface area contributed by atoms with Crippen molar-refractivity contribution in [3.63, 3.8) is 0 Å². The topological polar surface area (TPSA) is 65.5 Å². The molecule has 0 heterocycles. The van der Waals surface area contributed by atoms with Gasteiger partial charge in [0.15, 0.2) is 5.96 Å². The fourth-order valence-electron chi connectivity index (χ4n) is 1.96. The molecule has 1 atom stereocenters. The Morgan fingerprint density at radius 3 is 2.29 bits per heavy atom. The van der Waals surface area contributed by atoms with E-state index in [2.05, 4.69) is 48.6 Å². The Kier molecular flexibility index (Phi) is 11.4. The molecule has 136 valence electrons. The first kappa shape index (κ1) is 22.7. The molecule has 0 aromatic heterocycles. The molecule has 3 N–H and O–H groups in total. The monoisotopic (exact) mass is 446 g/mol. The number of rotatable bonds is 7. The van der Waals surface area contributed by atoms with Crippen LogP contribution >= 0.6 is 24.0 Å². The molecule has 0 spiro atoms. The Hall–Kier alpha value is -1.31. The molecule has 0 aliphatic rings. The van der Waals surface area contributed by atoms with E-state index in [4.69, 9.17) is 0 Å². The Bertz CT molecular complexity index is 514. The van der Waals surface area contributed by atoms with Crippen LogP contribution in [0.5, 0.6) is 0 Å². The molecule has 5 nitrogen and oxygen atoms in total. The van der Waals surface area contributed by atoms with Crippen LogP contribution < -0.4 is 16.0 Å². The lowest BCUT2D eigenvalue weighted by Gasteiger charge is -2.20. The van der Waals surface area contributed by atoms with Crippen molar-refractivity contribution in [3.05, 3.63) is 29.8 Å². The molecule has 0 bridgehead atoms. The number of hydrogen-bond acceptors (Lipinski definition) is 2. The Morgan fingerprint density at radius 2 is 1.79 bits per heavy atom. The van der Waals surface area contributed by atoms with E-state index in [9.17, 15) is 4.79 Å². The number of aliphatic imine (C=N–C) groups is 1. The number of nitrogens with zero attached hydrogens (tertiary/aromatic N) is 1. The quantitative estimate of drug-likeness (QED) is 0.342. The predicted octanol–water partition coefficient (Wildman–Crippen LogP) is 3.41. The molecule has 0 aliphatic carbocycles. The van der Waals surface area contributed by atoms with Crippen molar-refractivity contribution in [1.29, 1.82) is 0 Å². The van der Waals surface area contributed by atoms with Gasteiger partial charge in [0.1, 0.15) is 0 Å². The summed E-state index contributed by atoms with van der Waals surface area (Å²) in [5.41, 5.74) is 2.03. The smallest absolute Gasteiger partial charge is 0.221 e. The van der Waals surface area contributed by atoms with E-state index < -0.39 is 0 Å². The van der Waals surface area contributed by atoms with Gasteiger partial charge in [-0.2, -0.15) is 0 Å². The SMILES string of the molecule is CCNC(=NCCc1ccc(NC(C)=O)cc1)NC(C)C(C)C.I. The summed E-state index contributed by atoms with van der Waals surface area (Å²) >= 11 is 0. The molecule has 1 aromatic rings. The zero-order chi connectivity index (χ0) is 17.2. The highest BCUT2D eigenvalue weighted by atomic mass is 127. The largest absolute Gasteiger partial charge is 0.357 e. The van der Waals surface area contributed by atoms with Gasteiger partial charge in [0.25, 0.3) is 0 Å². The van der Waals surface area contributed by atoms with Crippen molar-refractivity contribution in [2.75, 3.05) is 18.4 Å². The lowest BCUT2D eigenvalue weighted by Crippen LogP contribution is -2.44. The minimum Gasteiger partial charge on any atom is -0.357 e. The van der Waals surface area contributed by atoms with Gasteiger partial charge >= 0.3 is 0 Å². The van der Waals surface area contributed by atoms with E-state index in [1.807, 2.05) is 24.3 Å². The maximum absolute atomic E-state index is 11.0. The number of anilines is 1. The number of nitrogens with one attached hydrogen (secondary N) is 3. The first-order valence-electron chi connectivity index (χ1n) is 8.33. The molecular weight excluding hydrogens is 415 g/mol. The van der Waals surface area contributed by atoms with Crippen LogP contribution in [0.2, 0.25) is 0 Å². The van der Waals surface area contributed by atoms with Gasteiger partial charge < -0.3 is 16.0 Å². The van der Waals surface area contributed by atoms with Gasteiger partial charge in [-0.3, -0.25) is 9.79 Å². The third kappa shape index (κ3) is 9.10. The van der Waals surface area contributed by atoms with Gasteiger partial charge in [-0.05, 0) is 43.9 Å².